The lowest BCUT2D eigenvalue weighted by atomic mass is 10.1. The molecular formula is C20H19F2N3O2S. The van der Waals surface area contributed by atoms with Crippen LogP contribution in [-0.2, 0) is 0 Å². The Morgan fingerprint density at radius 1 is 1.25 bits per heavy atom. The Labute approximate surface area is 164 Å². The van der Waals surface area contributed by atoms with Crippen molar-refractivity contribution in [3.05, 3.63) is 53.6 Å². The molecule has 2 aromatic carbocycles. The van der Waals surface area contributed by atoms with Crippen LogP contribution in [0.3, 0.4) is 0 Å². The number of nitrogens with one attached hydrogen (secondary N) is 1. The number of benzene rings is 2. The predicted molar refractivity (Wildman–Crippen MR) is 105 cm³/mol. The maximum absolute atomic E-state index is 13.8. The summed E-state index contributed by atoms with van der Waals surface area (Å²) < 4.78 is 33.4. The molecule has 1 aliphatic heterocycles. The van der Waals surface area contributed by atoms with Crippen molar-refractivity contribution in [2.75, 3.05) is 18.4 Å². The predicted octanol–water partition coefficient (Wildman–Crippen LogP) is 4.96. The Balaban J connectivity index is 1.34. The van der Waals surface area contributed by atoms with E-state index in [2.05, 4.69) is 10.3 Å². The van der Waals surface area contributed by atoms with Crippen LogP contribution in [0.25, 0.3) is 10.2 Å². The number of urea groups is 1. The second-order valence-corrected chi connectivity index (χ2v) is 7.81. The van der Waals surface area contributed by atoms with Crippen molar-refractivity contribution in [3.8, 4) is 5.19 Å². The van der Waals surface area contributed by atoms with Crippen LogP contribution < -0.4 is 10.1 Å². The maximum atomic E-state index is 13.8. The van der Waals surface area contributed by atoms with E-state index in [0.29, 0.717) is 35.8 Å². The molecule has 0 saturated carbocycles. The van der Waals surface area contributed by atoms with E-state index in [0.717, 1.165) is 28.7 Å². The average Bonchev–Trinajstić information content (AvgIpc) is 3.05. The molecule has 0 radical (unpaired) electrons. The second kappa shape index (κ2) is 7.71. The zero-order chi connectivity index (χ0) is 19.7. The minimum atomic E-state index is -0.691. The first kappa shape index (κ1) is 18.6. The number of aryl methyl sites for hydroxylation is 1. The lowest BCUT2D eigenvalue weighted by molar-refractivity contribution is 0.115. The second-order valence-electron chi connectivity index (χ2n) is 6.82. The van der Waals surface area contributed by atoms with Crippen molar-refractivity contribution in [1.82, 2.24) is 9.88 Å². The molecular weight excluding hydrogens is 384 g/mol. The lowest BCUT2D eigenvalue weighted by Crippen LogP contribution is -2.43. The summed E-state index contributed by atoms with van der Waals surface area (Å²) in [4.78, 5) is 18.3. The third-order valence-corrected chi connectivity index (χ3v) is 5.55. The van der Waals surface area contributed by atoms with E-state index in [9.17, 15) is 13.6 Å². The molecule has 1 fully saturated rings. The molecule has 1 aromatic heterocycles. The smallest absolute Gasteiger partial charge is 0.321 e. The van der Waals surface area contributed by atoms with E-state index >= 15 is 0 Å². The van der Waals surface area contributed by atoms with E-state index in [4.69, 9.17) is 4.74 Å². The normalized spacial score (nSPS) is 15.0. The third kappa shape index (κ3) is 4.06. The van der Waals surface area contributed by atoms with E-state index in [1.807, 2.05) is 31.2 Å². The molecule has 2 amide bonds. The highest BCUT2D eigenvalue weighted by atomic mass is 32.1. The molecule has 3 aromatic rings. The van der Waals surface area contributed by atoms with Crippen LogP contribution in [0.2, 0.25) is 0 Å². The van der Waals surface area contributed by atoms with Gasteiger partial charge in [-0.2, -0.15) is 4.98 Å². The SMILES string of the molecule is Cc1cccc(NC(=O)N2CCC(Oc3nc4c(F)cc(F)cc4s3)CC2)c1. The van der Waals surface area contributed by atoms with Crippen LogP contribution in [0.15, 0.2) is 36.4 Å². The molecule has 0 bridgehead atoms. The number of hydrogen-bond acceptors (Lipinski definition) is 4. The van der Waals surface area contributed by atoms with Crippen molar-refractivity contribution in [1.29, 1.82) is 0 Å². The first-order valence-corrected chi connectivity index (χ1v) is 9.84. The quantitative estimate of drug-likeness (QED) is 0.673. The number of hydrogen-bond donors (Lipinski definition) is 1. The summed E-state index contributed by atoms with van der Waals surface area (Å²) in [5, 5.41) is 3.23. The van der Waals surface area contributed by atoms with Gasteiger partial charge in [-0.25, -0.2) is 13.6 Å². The van der Waals surface area contributed by atoms with Crippen LogP contribution in [0.1, 0.15) is 18.4 Å². The summed E-state index contributed by atoms with van der Waals surface area (Å²) in [5.74, 6) is -1.32. The van der Waals surface area contributed by atoms with Crippen molar-refractivity contribution < 1.29 is 18.3 Å². The molecule has 0 aliphatic carbocycles. The minimum Gasteiger partial charge on any atom is -0.467 e. The lowest BCUT2D eigenvalue weighted by Gasteiger charge is -2.31. The number of nitrogens with zero attached hydrogens (tertiary/aromatic N) is 2. The van der Waals surface area contributed by atoms with Gasteiger partial charge in [0, 0.05) is 37.7 Å². The van der Waals surface area contributed by atoms with Gasteiger partial charge in [-0.1, -0.05) is 23.5 Å². The Morgan fingerprint density at radius 3 is 2.79 bits per heavy atom. The fraction of sp³-hybridized carbons (Fsp3) is 0.300. The Morgan fingerprint density at radius 2 is 2.04 bits per heavy atom. The van der Waals surface area contributed by atoms with Gasteiger partial charge in [0.1, 0.15) is 17.4 Å². The molecule has 146 valence electrons. The van der Waals surface area contributed by atoms with E-state index in [1.54, 1.807) is 4.90 Å². The molecule has 0 unspecified atom stereocenters. The number of amides is 2. The summed E-state index contributed by atoms with van der Waals surface area (Å²) in [6, 6.07) is 9.58. The van der Waals surface area contributed by atoms with Gasteiger partial charge in [0.25, 0.3) is 5.19 Å². The number of carbonyl (C=O) groups is 1. The molecule has 28 heavy (non-hydrogen) atoms. The third-order valence-electron chi connectivity index (χ3n) is 4.66. The molecule has 1 aliphatic rings. The summed E-state index contributed by atoms with van der Waals surface area (Å²) in [5.41, 5.74) is 1.97. The van der Waals surface area contributed by atoms with Crippen molar-refractivity contribution in [3.63, 3.8) is 0 Å². The van der Waals surface area contributed by atoms with Gasteiger partial charge in [-0.05, 0) is 30.7 Å². The highest BCUT2D eigenvalue weighted by Gasteiger charge is 2.25. The molecule has 1 N–H and O–H groups in total. The Bertz CT molecular complexity index is 1020. The van der Waals surface area contributed by atoms with Crippen LogP contribution >= 0.6 is 11.3 Å². The number of anilines is 1. The number of halogens is 2. The molecule has 5 nitrogen and oxygen atoms in total. The van der Waals surface area contributed by atoms with Crippen LogP contribution in [-0.4, -0.2) is 35.1 Å². The van der Waals surface area contributed by atoms with E-state index in [1.165, 1.54) is 6.07 Å². The fourth-order valence-electron chi connectivity index (χ4n) is 3.23. The standard InChI is InChI=1S/C20H19F2N3O2S/c1-12-3-2-4-14(9-12)23-19(26)25-7-5-15(6-8-25)27-20-24-18-16(22)10-13(21)11-17(18)28-20/h2-4,9-11,15H,5-8H2,1H3,(H,23,26). The summed E-state index contributed by atoms with van der Waals surface area (Å²) in [6.07, 6.45) is 1.18. The highest BCUT2D eigenvalue weighted by Crippen LogP contribution is 2.32. The van der Waals surface area contributed by atoms with Gasteiger partial charge in [0.05, 0.1) is 4.70 Å². The van der Waals surface area contributed by atoms with E-state index < -0.39 is 11.6 Å². The van der Waals surface area contributed by atoms with E-state index in [-0.39, 0.29) is 17.7 Å². The molecule has 1 saturated heterocycles. The number of aromatic nitrogens is 1. The maximum Gasteiger partial charge on any atom is 0.321 e. The van der Waals surface area contributed by atoms with Crippen molar-refractivity contribution in [2.24, 2.45) is 0 Å². The van der Waals surface area contributed by atoms with Crippen LogP contribution in [0.5, 0.6) is 5.19 Å². The van der Waals surface area contributed by atoms with Gasteiger partial charge in [0.2, 0.25) is 0 Å². The topological polar surface area (TPSA) is 54.5 Å². The minimum absolute atomic E-state index is 0.114. The summed E-state index contributed by atoms with van der Waals surface area (Å²) >= 11 is 1.12. The molecule has 4 rings (SSSR count). The number of piperidine rings is 1. The Kier molecular flexibility index (Phi) is 5.13. The van der Waals surface area contributed by atoms with Crippen molar-refractivity contribution in [2.45, 2.75) is 25.9 Å². The zero-order valence-corrected chi connectivity index (χ0v) is 16.1. The number of fused-ring (bicyclic) bond motifs is 1. The molecule has 2 heterocycles. The van der Waals surface area contributed by atoms with Crippen LogP contribution in [0.4, 0.5) is 19.3 Å². The van der Waals surface area contributed by atoms with Gasteiger partial charge in [0.15, 0.2) is 5.82 Å². The van der Waals surface area contributed by atoms with Crippen LogP contribution in [0, 0.1) is 18.6 Å². The summed E-state index contributed by atoms with van der Waals surface area (Å²) in [6.45, 7) is 3.08. The van der Waals surface area contributed by atoms with Gasteiger partial charge in [-0.3, -0.25) is 0 Å². The first-order valence-electron chi connectivity index (χ1n) is 9.03. The molecule has 0 atom stereocenters. The van der Waals surface area contributed by atoms with Gasteiger partial charge in [-0.15, -0.1) is 0 Å². The number of carbonyl (C=O) groups excluding carboxylic acids is 1. The van der Waals surface area contributed by atoms with Crippen molar-refractivity contribution >= 4 is 33.3 Å². The molecule has 0 spiro atoms. The average molecular weight is 403 g/mol. The zero-order valence-electron chi connectivity index (χ0n) is 15.2. The summed E-state index contributed by atoms with van der Waals surface area (Å²) in [7, 11) is 0. The number of likely N-dealkylation sites (tertiary alicyclic amines) is 1. The first-order chi connectivity index (χ1) is 13.5. The monoisotopic (exact) mass is 403 g/mol. The fourth-order valence-corrected chi connectivity index (χ4v) is 4.15. The largest absolute Gasteiger partial charge is 0.467 e. The highest BCUT2D eigenvalue weighted by molar-refractivity contribution is 7.20. The number of rotatable bonds is 3. The van der Waals surface area contributed by atoms with Gasteiger partial charge >= 0.3 is 6.03 Å². The number of ether oxygens (including phenoxy) is 1. The Hall–Kier alpha value is -2.74. The number of thiazole rings is 1. The van der Waals surface area contributed by atoms with Gasteiger partial charge < -0.3 is 15.0 Å². The molecule has 8 heteroatoms.